The van der Waals surface area contributed by atoms with Gasteiger partial charge in [-0.05, 0) is 24.3 Å². The van der Waals surface area contributed by atoms with Gasteiger partial charge in [-0.1, -0.05) is 6.07 Å². The second kappa shape index (κ2) is 9.47. The van der Waals surface area contributed by atoms with Gasteiger partial charge in [0.1, 0.15) is 11.5 Å². The molecule has 5 N–H and O–H groups in total. The smallest absolute Gasteiger partial charge is 0.154 e. The van der Waals surface area contributed by atoms with Gasteiger partial charge in [0.2, 0.25) is 0 Å². The van der Waals surface area contributed by atoms with Crippen molar-refractivity contribution >= 4 is 34.2 Å². The number of rotatable bonds is 9. The van der Waals surface area contributed by atoms with Crippen LogP contribution in [0.1, 0.15) is 11.3 Å². The Morgan fingerprint density at radius 1 is 1.28 bits per heavy atom. The van der Waals surface area contributed by atoms with Crippen LogP contribution in [0.2, 0.25) is 0 Å². The van der Waals surface area contributed by atoms with Crippen molar-refractivity contribution in [3.63, 3.8) is 0 Å². The minimum Gasteiger partial charge on any atom is -0.395 e. The van der Waals surface area contributed by atoms with E-state index in [0.717, 1.165) is 11.6 Å². The molecule has 2 aromatic heterocycles. The van der Waals surface area contributed by atoms with Crippen molar-refractivity contribution in [1.29, 1.82) is 10.9 Å². The van der Waals surface area contributed by atoms with E-state index in [9.17, 15) is 4.39 Å². The molecule has 8 nitrogen and oxygen atoms in total. The highest BCUT2D eigenvalue weighted by Gasteiger charge is 2.10. The second-order valence-corrected chi connectivity index (χ2v) is 6.09. The zero-order valence-corrected chi connectivity index (χ0v) is 15.5. The van der Waals surface area contributed by atoms with Gasteiger partial charge in [-0.3, -0.25) is 4.98 Å². The highest BCUT2D eigenvalue weighted by atomic mass is 19.1. The number of hydrogen-bond donors (Lipinski definition) is 5. The Morgan fingerprint density at radius 3 is 2.90 bits per heavy atom. The van der Waals surface area contributed by atoms with Crippen LogP contribution in [0.4, 0.5) is 15.9 Å². The van der Waals surface area contributed by atoms with Gasteiger partial charge in [0, 0.05) is 54.3 Å². The van der Waals surface area contributed by atoms with Crippen LogP contribution in [0.5, 0.6) is 0 Å². The average Bonchev–Trinajstić information content (AvgIpc) is 2.75. The number of allylic oxidation sites excluding steroid dienone is 1. The molecule has 0 unspecified atom stereocenters. The molecule has 0 amide bonds. The second-order valence-electron chi connectivity index (χ2n) is 6.09. The van der Waals surface area contributed by atoms with Crippen molar-refractivity contribution in [2.45, 2.75) is 6.54 Å². The summed E-state index contributed by atoms with van der Waals surface area (Å²) in [6, 6.07) is 9.98. The minimum absolute atomic E-state index is 0.0362. The monoisotopic (exact) mass is 393 g/mol. The summed E-state index contributed by atoms with van der Waals surface area (Å²) in [5.41, 5.74) is 9.60. The Morgan fingerprint density at radius 2 is 2.14 bits per heavy atom. The quantitative estimate of drug-likeness (QED) is 0.215. The van der Waals surface area contributed by atoms with E-state index in [1.807, 2.05) is 6.07 Å². The molecule has 0 bridgehead atoms. The molecule has 0 radical (unpaired) electrons. The molecular formula is C20H20FN7O. The standard InChI is InChI=1S/C20H20FN7O/c21-16-9-19-13(2-1-5-25-19)8-14(16)12-26-20-18(28-23)4-3-17(27-20)15(10-22)11-24-6-7-29/h1-5,8-11,22-24,29H,6-7,12H2,(H,26,27)/b15-11+,22-10?,28-23?. The maximum Gasteiger partial charge on any atom is 0.154 e. The van der Waals surface area contributed by atoms with E-state index < -0.39 is 5.82 Å². The molecule has 3 rings (SSSR count). The third-order valence-corrected chi connectivity index (χ3v) is 4.18. The van der Waals surface area contributed by atoms with Crippen molar-refractivity contribution in [2.24, 2.45) is 5.11 Å². The van der Waals surface area contributed by atoms with Crippen LogP contribution >= 0.6 is 0 Å². The molecule has 3 aromatic rings. The Labute approximate surface area is 166 Å². The van der Waals surface area contributed by atoms with Crippen molar-refractivity contribution in [2.75, 3.05) is 18.5 Å². The van der Waals surface area contributed by atoms with Gasteiger partial charge >= 0.3 is 0 Å². The number of pyridine rings is 2. The molecule has 0 aliphatic carbocycles. The van der Waals surface area contributed by atoms with Crippen LogP contribution in [0, 0.1) is 16.8 Å². The largest absolute Gasteiger partial charge is 0.395 e. The average molecular weight is 393 g/mol. The fourth-order valence-corrected chi connectivity index (χ4v) is 2.73. The number of fused-ring (bicyclic) bond motifs is 1. The summed E-state index contributed by atoms with van der Waals surface area (Å²) in [6.07, 6.45) is 4.31. The molecule has 2 heterocycles. The summed E-state index contributed by atoms with van der Waals surface area (Å²) >= 11 is 0. The number of aliphatic hydroxyl groups excluding tert-OH is 1. The molecule has 0 saturated heterocycles. The van der Waals surface area contributed by atoms with Crippen molar-refractivity contribution in [3.05, 3.63) is 65.9 Å². The van der Waals surface area contributed by atoms with Gasteiger partial charge in [0.25, 0.3) is 0 Å². The van der Waals surface area contributed by atoms with Gasteiger partial charge < -0.3 is 21.1 Å². The van der Waals surface area contributed by atoms with Crippen LogP contribution in [0.25, 0.3) is 16.5 Å². The first-order valence-electron chi connectivity index (χ1n) is 8.87. The number of aliphatic hydroxyl groups is 1. The fraction of sp³-hybridized carbons (Fsp3) is 0.150. The lowest BCUT2D eigenvalue weighted by Crippen LogP contribution is -2.12. The van der Waals surface area contributed by atoms with Crippen LogP contribution < -0.4 is 10.6 Å². The van der Waals surface area contributed by atoms with Gasteiger partial charge in [0.15, 0.2) is 5.82 Å². The summed E-state index contributed by atoms with van der Waals surface area (Å²) in [4.78, 5) is 8.56. The maximum atomic E-state index is 14.4. The van der Waals surface area contributed by atoms with Crippen LogP contribution in [0.15, 0.2) is 53.9 Å². The number of halogens is 1. The van der Waals surface area contributed by atoms with Crippen molar-refractivity contribution in [3.8, 4) is 0 Å². The Balaban J connectivity index is 1.86. The zero-order valence-electron chi connectivity index (χ0n) is 15.5. The first-order chi connectivity index (χ1) is 14.2. The zero-order chi connectivity index (χ0) is 20.6. The predicted octanol–water partition coefficient (Wildman–Crippen LogP) is 3.62. The normalized spacial score (nSPS) is 11.3. The molecule has 29 heavy (non-hydrogen) atoms. The van der Waals surface area contributed by atoms with E-state index in [1.165, 1.54) is 6.07 Å². The summed E-state index contributed by atoms with van der Waals surface area (Å²) in [5, 5.41) is 26.6. The Kier molecular flexibility index (Phi) is 6.54. The number of anilines is 1. The molecular weight excluding hydrogens is 373 g/mol. The third kappa shape index (κ3) is 4.77. The third-order valence-electron chi connectivity index (χ3n) is 4.18. The maximum absolute atomic E-state index is 14.4. The van der Waals surface area contributed by atoms with Gasteiger partial charge in [-0.25, -0.2) is 14.9 Å². The molecule has 9 heteroatoms. The van der Waals surface area contributed by atoms with Gasteiger partial charge in [-0.15, -0.1) is 0 Å². The van der Waals surface area contributed by atoms with Crippen LogP contribution in [0.3, 0.4) is 0 Å². The first-order valence-corrected chi connectivity index (χ1v) is 8.87. The lowest BCUT2D eigenvalue weighted by molar-refractivity contribution is 0.298. The van der Waals surface area contributed by atoms with E-state index in [-0.39, 0.29) is 13.2 Å². The van der Waals surface area contributed by atoms with E-state index in [4.69, 9.17) is 16.0 Å². The molecule has 1 aromatic carbocycles. The van der Waals surface area contributed by atoms with Crippen LogP contribution in [-0.2, 0) is 6.54 Å². The number of hydrogen-bond acceptors (Lipinski definition) is 8. The fourth-order valence-electron chi connectivity index (χ4n) is 2.73. The minimum atomic E-state index is -0.391. The lowest BCUT2D eigenvalue weighted by Gasteiger charge is -2.11. The summed E-state index contributed by atoms with van der Waals surface area (Å²) in [7, 11) is 0. The SMILES string of the molecule is N=C/C(=C\NCCO)c1ccc(N=N)c(NCc2cc3cccnc3cc2F)n1. The lowest BCUT2D eigenvalue weighted by atomic mass is 10.1. The molecule has 0 atom stereocenters. The Hall–Kier alpha value is -3.72. The number of nitrogens with one attached hydrogen (secondary N) is 4. The van der Waals surface area contributed by atoms with E-state index >= 15 is 0 Å². The summed E-state index contributed by atoms with van der Waals surface area (Å²) in [6.45, 7) is 0.451. The molecule has 0 fully saturated rings. The predicted molar refractivity (Wildman–Crippen MR) is 110 cm³/mol. The number of aromatic nitrogens is 2. The topological polar surface area (TPSA) is 130 Å². The van der Waals surface area contributed by atoms with Crippen LogP contribution in [-0.4, -0.2) is 34.4 Å². The summed E-state index contributed by atoms with van der Waals surface area (Å²) in [5.74, 6) is -0.0874. The first kappa shape index (κ1) is 20.0. The van der Waals surface area contributed by atoms with E-state index in [2.05, 4.69) is 25.7 Å². The van der Waals surface area contributed by atoms with Gasteiger partial charge in [-0.2, -0.15) is 5.11 Å². The number of benzene rings is 1. The van der Waals surface area contributed by atoms with E-state index in [1.54, 1.807) is 36.7 Å². The molecule has 0 aliphatic heterocycles. The highest BCUT2D eigenvalue weighted by molar-refractivity contribution is 6.07. The van der Waals surface area contributed by atoms with Crippen molar-refractivity contribution in [1.82, 2.24) is 15.3 Å². The highest BCUT2D eigenvalue weighted by Crippen LogP contribution is 2.26. The molecule has 148 valence electrons. The van der Waals surface area contributed by atoms with E-state index in [0.29, 0.717) is 40.4 Å². The molecule has 0 aliphatic rings. The van der Waals surface area contributed by atoms with Gasteiger partial charge in [0.05, 0.1) is 17.8 Å². The molecule has 0 saturated carbocycles. The summed E-state index contributed by atoms with van der Waals surface area (Å²) < 4.78 is 14.4. The van der Waals surface area contributed by atoms with Crippen molar-refractivity contribution < 1.29 is 9.50 Å². The number of nitrogens with zero attached hydrogens (tertiary/aromatic N) is 3. The Bertz CT molecular complexity index is 1070. The molecule has 0 spiro atoms.